The molecule has 1 aromatic heterocycles. The smallest absolute Gasteiger partial charge is 0.266 e. The molecule has 22 heavy (non-hydrogen) atoms. The van der Waals surface area contributed by atoms with Crippen molar-refractivity contribution in [1.29, 1.82) is 0 Å². The topological polar surface area (TPSA) is 84.2 Å². The summed E-state index contributed by atoms with van der Waals surface area (Å²) >= 11 is 0. The van der Waals surface area contributed by atoms with Crippen LogP contribution in [0.3, 0.4) is 0 Å². The Balaban J connectivity index is 1.77. The summed E-state index contributed by atoms with van der Waals surface area (Å²) in [6, 6.07) is 5.39. The van der Waals surface area contributed by atoms with Crippen molar-refractivity contribution in [2.75, 3.05) is 16.6 Å². The zero-order valence-corrected chi connectivity index (χ0v) is 12.8. The Labute approximate surface area is 127 Å². The first-order chi connectivity index (χ1) is 10.4. The minimum atomic E-state index is -4.04. The molecule has 1 fully saturated rings. The van der Waals surface area contributed by atoms with Crippen molar-refractivity contribution in [3.8, 4) is 0 Å². The van der Waals surface area contributed by atoms with Crippen LogP contribution < -0.4 is 10.0 Å². The van der Waals surface area contributed by atoms with Crippen LogP contribution in [0.25, 0.3) is 0 Å². The van der Waals surface area contributed by atoms with E-state index in [2.05, 4.69) is 15.2 Å². The van der Waals surface area contributed by atoms with Gasteiger partial charge in [0.25, 0.3) is 10.0 Å². The lowest BCUT2D eigenvalue weighted by molar-refractivity contribution is 0.400. The van der Waals surface area contributed by atoms with Crippen LogP contribution in [0.1, 0.15) is 18.6 Å². The lowest BCUT2D eigenvalue weighted by atomic mass is 10.3. The number of nitrogens with zero attached hydrogens (tertiary/aromatic N) is 1. The summed E-state index contributed by atoms with van der Waals surface area (Å²) in [5.41, 5.74) is 0.570. The fraction of sp³-hybridized carbons (Fsp3) is 0.357. The monoisotopic (exact) mass is 325 g/mol. The molecule has 1 aromatic carbocycles. The van der Waals surface area contributed by atoms with Crippen LogP contribution in [0.4, 0.5) is 15.9 Å². The highest BCUT2D eigenvalue weighted by atomic mass is 32.2. The maximum absolute atomic E-state index is 14.1. The normalized spacial score (nSPS) is 14.8. The molecule has 8 heteroatoms. The van der Waals surface area contributed by atoms with Crippen LogP contribution in [-0.4, -0.2) is 20.1 Å². The van der Waals surface area contributed by atoms with Gasteiger partial charge in [0.2, 0.25) is 0 Å². The van der Waals surface area contributed by atoms with Gasteiger partial charge in [0.15, 0.2) is 5.82 Å². The molecule has 0 unspecified atom stereocenters. The predicted octanol–water partition coefficient (Wildman–Crippen LogP) is 2.74. The number of aromatic nitrogens is 1. The Morgan fingerprint density at radius 3 is 2.73 bits per heavy atom. The molecular formula is C14H16FN3O3S. The zero-order valence-electron chi connectivity index (χ0n) is 12.0. The van der Waals surface area contributed by atoms with Crippen molar-refractivity contribution in [2.45, 2.75) is 24.7 Å². The molecule has 1 aliphatic rings. The summed E-state index contributed by atoms with van der Waals surface area (Å²) in [6.45, 7) is 2.41. The minimum Gasteiger partial charge on any atom is -0.385 e. The molecule has 0 bridgehead atoms. The van der Waals surface area contributed by atoms with Gasteiger partial charge in [-0.15, -0.1) is 0 Å². The first-order valence-electron chi connectivity index (χ1n) is 6.93. The highest BCUT2D eigenvalue weighted by molar-refractivity contribution is 7.92. The molecule has 0 radical (unpaired) electrons. The fourth-order valence-corrected chi connectivity index (χ4v) is 3.06. The van der Waals surface area contributed by atoms with Gasteiger partial charge >= 0.3 is 0 Å². The molecule has 0 aliphatic heterocycles. The number of rotatable bonds is 6. The molecule has 1 saturated carbocycles. The number of sulfonamides is 1. The van der Waals surface area contributed by atoms with Crippen molar-refractivity contribution in [2.24, 2.45) is 5.92 Å². The lowest BCUT2D eigenvalue weighted by Gasteiger charge is -2.09. The average molecular weight is 325 g/mol. The van der Waals surface area contributed by atoms with Crippen molar-refractivity contribution in [3.63, 3.8) is 0 Å². The molecule has 2 N–H and O–H groups in total. The second-order valence-corrected chi connectivity index (χ2v) is 7.05. The van der Waals surface area contributed by atoms with Gasteiger partial charge in [-0.2, -0.15) is 0 Å². The molecular weight excluding hydrogens is 309 g/mol. The first kappa shape index (κ1) is 14.8. The van der Waals surface area contributed by atoms with Gasteiger partial charge in [-0.25, -0.2) is 12.8 Å². The summed E-state index contributed by atoms with van der Waals surface area (Å²) in [5.74, 6) is 0.308. The molecule has 2 aromatic rings. The number of halogens is 1. The first-order valence-corrected chi connectivity index (χ1v) is 8.42. The summed E-state index contributed by atoms with van der Waals surface area (Å²) in [5, 5.41) is 6.63. The van der Waals surface area contributed by atoms with Gasteiger partial charge in [-0.3, -0.25) is 4.72 Å². The number of aryl methyl sites for hydroxylation is 1. The van der Waals surface area contributed by atoms with E-state index >= 15 is 0 Å². The minimum absolute atomic E-state index is 0.0211. The van der Waals surface area contributed by atoms with Crippen molar-refractivity contribution >= 4 is 21.5 Å². The van der Waals surface area contributed by atoms with Crippen LogP contribution in [0.2, 0.25) is 0 Å². The second kappa shape index (κ2) is 5.60. The number of hydrogen-bond acceptors (Lipinski definition) is 5. The van der Waals surface area contributed by atoms with Crippen molar-refractivity contribution < 1.29 is 17.3 Å². The van der Waals surface area contributed by atoms with E-state index in [-0.39, 0.29) is 5.82 Å². The standard InChI is InChI=1S/C14H16FN3O3S/c1-9-6-14(17-21-9)18-22(19,20)13-5-4-11(7-12(13)15)16-8-10-2-3-10/h4-7,10,16H,2-3,8H2,1H3,(H,17,18). The zero-order chi connectivity index (χ0) is 15.7. The van der Waals surface area contributed by atoms with E-state index in [1.54, 1.807) is 13.0 Å². The molecule has 1 aliphatic carbocycles. The molecule has 0 atom stereocenters. The van der Waals surface area contributed by atoms with Crippen LogP contribution >= 0.6 is 0 Å². The Bertz CT molecular complexity index is 784. The molecule has 0 amide bonds. The number of anilines is 2. The Morgan fingerprint density at radius 1 is 1.36 bits per heavy atom. The van der Waals surface area contributed by atoms with Crippen LogP contribution in [0, 0.1) is 18.7 Å². The summed E-state index contributed by atoms with van der Waals surface area (Å²) in [7, 11) is -4.04. The summed E-state index contributed by atoms with van der Waals surface area (Å²) in [6.07, 6.45) is 2.37. The van der Waals surface area contributed by atoms with Gasteiger partial charge in [0, 0.05) is 18.3 Å². The van der Waals surface area contributed by atoms with Crippen molar-refractivity contribution in [3.05, 3.63) is 35.8 Å². The molecule has 6 nitrogen and oxygen atoms in total. The highest BCUT2D eigenvalue weighted by Gasteiger charge is 2.23. The number of hydrogen-bond donors (Lipinski definition) is 2. The Hall–Kier alpha value is -2.09. The van der Waals surface area contributed by atoms with E-state index in [0.29, 0.717) is 17.4 Å². The second-order valence-electron chi connectivity index (χ2n) is 5.40. The Morgan fingerprint density at radius 2 is 2.14 bits per heavy atom. The maximum atomic E-state index is 14.1. The van der Waals surface area contributed by atoms with Gasteiger partial charge < -0.3 is 9.84 Å². The molecule has 3 rings (SSSR count). The quantitative estimate of drug-likeness (QED) is 0.853. The van der Waals surface area contributed by atoms with E-state index in [1.165, 1.54) is 31.0 Å². The van der Waals surface area contributed by atoms with Gasteiger partial charge in [0.05, 0.1) is 0 Å². The van der Waals surface area contributed by atoms with Crippen LogP contribution in [0.15, 0.2) is 33.7 Å². The molecule has 0 spiro atoms. The van der Waals surface area contributed by atoms with E-state index in [0.717, 1.165) is 6.54 Å². The Kier molecular flexibility index (Phi) is 3.78. The number of nitrogens with one attached hydrogen (secondary N) is 2. The average Bonchev–Trinajstić information content (AvgIpc) is 3.19. The maximum Gasteiger partial charge on any atom is 0.266 e. The molecule has 0 saturated heterocycles. The lowest BCUT2D eigenvalue weighted by Crippen LogP contribution is -2.15. The van der Waals surface area contributed by atoms with Gasteiger partial charge in [0.1, 0.15) is 16.5 Å². The van der Waals surface area contributed by atoms with Crippen molar-refractivity contribution in [1.82, 2.24) is 5.16 Å². The summed E-state index contributed by atoms with van der Waals surface area (Å²) < 4.78 is 45.4. The SMILES string of the molecule is Cc1cc(NS(=O)(=O)c2ccc(NCC3CC3)cc2F)no1. The van der Waals surface area contributed by atoms with E-state index in [9.17, 15) is 12.8 Å². The van der Waals surface area contributed by atoms with Gasteiger partial charge in [-0.05, 0) is 43.9 Å². The number of benzene rings is 1. The predicted molar refractivity (Wildman–Crippen MR) is 79.7 cm³/mol. The van der Waals surface area contributed by atoms with Gasteiger partial charge in [-0.1, -0.05) is 5.16 Å². The third-order valence-corrected chi connectivity index (χ3v) is 4.77. The van der Waals surface area contributed by atoms with Crippen LogP contribution in [0.5, 0.6) is 0 Å². The highest BCUT2D eigenvalue weighted by Crippen LogP contribution is 2.29. The van der Waals surface area contributed by atoms with E-state index in [4.69, 9.17) is 4.52 Å². The third-order valence-electron chi connectivity index (χ3n) is 3.38. The van der Waals surface area contributed by atoms with E-state index in [1.807, 2.05) is 0 Å². The fourth-order valence-electron chi connectivity index (χ4n) is 2.02. The largest absolute Gasteiger partial charge is 0.385 e. The van der Waals surface area contributed by atoms with Crippen LogP contribution in [-0.2, 0) is 10.0 Å². The molecule has 118 valence electrons. The summed E-state index contributed by atoms with van der Waals surface area (Å²) in [4.78, 5) is -0.426. The third kappa shape index (κ3) is 3.38. The van der Waals surface area contributed by atoms with E-state index < -0.39 is 20.7 Å². The molecule has 1 heterocycles.